The molecule has 1 unspecified atom stereocenters. The van der Waals surface area contributed by atoms with Gasteiger partial charge < -0.3 is 5.32 Å². The van der Waals surface area contributed by atoms with Crippen molar-refractivity contribution in [3.63, 3.8) is 0 Å². The van der Waals surface area contributed by atoms with E-state index in [1.807, 2.05) is 0 Å². The molecule has 17 heavy (non-hydrogen) atoms. The van der Waals surface area contributed by atoms with E-state index in [9.17, 15) is 0 Å². The molecule has 1 atom stereocenters. The highest BCUT2D eigenvalue weighted by atomic mass is 15.3. The second kappa shape index (κ2) is 7.49. The van der Waals surface area contributed by atoms with Gasteiger partial charge in [-0.25, -0.2) is 0 Å². The van der Waals surface area contributed by atoms with Crippen molar-refractivity contribution in [3.05, 3.63) is 17.5 Å². The zero-order valence-corrected chi connectivity index (χ0v) is 11.8. The quantitative estimate of drug-likeness (QED) is 0.753. The number of unbranched alkanes of at least 4 members (excludes halogenated alkanes) is 1. The third kappa shape index (κ3) is 4.15. The van der Waals surface area contributed by atoms with Crippen LogP contribution in [-0.4, -0.2) is 22.9 Å². The Labute approximate surface area is 106 Å². The lowest BCUT2D eigenvalue weighted by molar-refractivity contribution is 0.478. The van der Waals surface area contributed by atoms with Gasteiger partial charge in [0.2, 0.25) is 0 Å². The number of rotatable bonds is 8. The Morgan fingerprint density at radius 2 is 2.12 bits per heavy atom. The maximum atomic E-state index is 4.60. The summed E-state index contributed by atoms with van der Waals surface area (Å²) in [4.78, 5) is 0. The normalized spacial score (nSPS) is 12.9. The highest BCUT2D eigenvalue weighted by Gasteiger charge is 2.11. The number of nitrogens with zero attached hydrogens (tertiary/aromatic N) is 2. The number of hydrogen-bond acceptors (Lipinski definition) is 2. The third-order valence-corrected chi connectivity index (χ3v) is 3.35. The molecule has 0 aliphatic rings. The van der Waals surface area contributed by atoms with Crippen molar-refractivity contribution in [1.82, 2.24) is 15.1 Å². The summed E-state index contributed by atoms with van der Waals surface area (Å²) in [6.45, 7) is 7.55. The fourth-order valence-corrected chi connectivity index (χ4v) is 2.18. The average Bonchev–Trinajstić information content (AvgIpc) is 2.76. The minimum Gasteiger partial charge on any atom is -0.317 e. The number of likely N-dealkylation sites (N-methyl/N-ethyl adjacent to an activating group) is 1. The second-order valence-electron chi connectivity index (χ2n) is 4.63. The molecule has 0 radical (unpaired) electrons. The lowest BCUT2D eigenvalue weighted by atomic mass is 10.0. The van der Waals surface area contributed by atoms with Gasteiger partial charge in [0.15, 0.2) is 0 Å². The Hall–Kier alpha value is -0.830. The van der Waals surface area contributed by atoms with Crippen LogP contribution in [0.2, 0.25) is 0 Å². The fourth-order valence-electron chi connectivity index (χ4n) is 2.18. The van der Waals surface area contributed by atoms with Crippen molar-refractivity contribution in [1.29, 1.82) is 0 Å². The molecule has 1 N–H and O–H groups in total. The van der Waals surface area contributed by atoms with Crippen molar-refractivity contribution in [2.75, 3.05) is 7.05 Å². The molecule has 0 amide bonds. The Bertz CT molecular complexity index is 317. The van der Waals surface area contributed by atoms with Crippen LogP contribution < -0.4 is 5.32 Å². The molecule has 3 heteroatoms. The van der Waals surface area contributed by atoms with Crippen molar-refractivity contribution in [2.24, 2.45) is 0 Å². The standard InChI is InChI=1S/C14H27N3/c1-5-8-9-13(15-4)11-14-10-12(6-2)16-17(14)7-3/h10,13,15H,5-9,11H2,1-4H3. The molecule has 1 rings (SSSR count). The van der Waals surface area contributed by atoms with E-state index in [2.05, 4.69) is 49.0 Å². The van der Waals surface area contributed by atoms with Crippen LogP contribution in [0.25, 0.3) is 0 Å². The summed E-state index contributed by atoms with van der Waals surface area (Å²) in [6.07, 6.45) is 5.94. The highest BCUT2D eigenvalue weighted by Crippen LogP contribution is 2.11. The summed E-state index contributed by atoms with van der Waals surface area (Å²) in [5, 5.41) is 8.03. The van der Waals surface area contributed by atoms with Crippen LogP contribution in [0, 0.1) is 0 Å². The van der Waals surface area contributed by atoms with Crippen LogP contribution in [0.4, 0.5) is 0 Å². The van der Waals surface area contributed by atoms with Gasteiger partial charge in [0.05, 0.1) is 5.69 Å². The highest BCUT2D eigenvalue weighted by molar-refractivity contribution is 5.11. The summed E-state index contributed by atoms with van der Waals surface area (Å²) in [6, 6.07) is 2.85. The molecule has 0 saturated carbocycles. The van der Waals surface area contributed by atoms with Crippen molar-refractivity contribution >= 4 is 0 Å². The summed E-state index contributed by atoms with van der Waals surface area (Å²) < 4.78 is 2.15. The largest absolute Gasteiger partial charge is 0.317 e. The lowest BCUT2D eigenvalue weighted by Gasteiger charge is -2.16. The summed E-state index contributed by atoms with van der Waals surface area (Å²) in [5.41, 5.74) is 2.59. The monoisotopic (exact) mass is 237 g/mol. The average molecular weight is 237 g/mol. The summed E-state index contributed by atoms with van der Waals surface area (Å²) in [7, 11) is 2.06. The van der Waals surface area contributed by atoms with Crippen LogP contribution in [-0.2, 0) is 19.4 Å². The SMILES string of the molecule is CCCCC(Cc1cc(CC)nn1CC)NC. The minimum absolute atomic E-state index is 0.585. The van der Waals surface area contributed by atoms with Gasteiger partial charge in [-0.2, -0.15) is 5.10 Å². The van der Waals surface area contributed by atoms with Gasteiger partial charge in [0.1, 0.15) is 0 Å². The third-order valence-electron chi connectivity index (χ3n) is 3.35. The zero-order valence-electron chi connectivity index (χ0n) is 11.8. The zero-order chi connectivity index (χ0) is 12.7. The molecule has 1 aromatic heterocycles. The molecule has 0 aromatic carbocycles. The van der Waals surface area contributed by atoms with Gasteiger partial charge in [0, 0.05) is 24.7 Å². The topological polar surface area (TPSA) is 29.9 Å². The summed E-state index contributed by atoms with van der Waals surface area (Å²) >= 11 is 0. The van der Waals surface area contributed by atoms with Gasteiger partial charge in [-0.05, 0) is 32.9 Å². The number of hydrogen-bond donors (Lipinski definition) is 1. The first-order valence-corrected chi connectivity index (χ1v) is 6.97. The van der Waals surface area contributed by atoms with Crippen LogP contribution >= 0.6 is 0 Å². The molecule has 1 aromatic rings. The second-order valence-corrected chi connectivity index (χ2v) is 4.63. The molecule has 0 bridgehead atoms. The van der Waals surface area contributed by atoms with E-state index in [-0.39, 0.29) is 0 Å². The van der Waals surface area contributed by atoms with E-state index in [1.54, 1.807) is 0 Å². The predicted octanol–water partition coefficient (Wildman–Crippen LogP) is 2.79. The maximum absolute atomic E-state index is 4.60. The molecule has 1 heterocycles. The first-order valence-electron chi connectivity index (χ1n) is 6.97. The van der Waals surface area contributed by atoms with Crippen LogP contribution in [0.3, 0.4) is 0 Å². The molecule has 0 spiro atoms. The number of aryl methyl sites for hydroxylation is 2. The van der Waals surface area contributed by atoms with Gasteiger partial charge in [0.25, 0.3) is 0 Å². The molecule has 98 valence electrons. The van der Waals surface area contributed by atoms with E-state index in [0.717, 1.165) is 19.4 Å². The van der Waals surface area contributed by atoms with Gasteiger partial charge in [-0.15, -0.1) is 0 Å². The van der Waals surface area contributed by atoms with Crippen LogP contribution in [0.15, 0.2) is 6.07 Å². The van der Waals surface area contributed by atoms with Gasteiger partial charge in [-0.3, -0.25) is 4.68 Å². The maximum Gasteiger partial charge on any atom is 0.0624 e. The van der Waals surface area contributed by atoms with E-state index >= 15 is 0 Å². The number of aromatic nitrogens is 2. The molecule has 0 aliphatic carbocycles. The lowest BCUT2D eigenvalue weighted by Crippen LogP contribution is -2.28. The van der Waals surface area contributed by atoms with Crippen molar-refractivity contribution in [3.8, 4) is 0 Å². The first kappa shape index (κ1) is 14.2. The molecule has 0 saturated heterocycles. The Kier molecular flexibility index (Phi) is 6.27. The summed E-state index contributed by atoms with van der Waals surface area (Å²) in [5.74, 6) is 0. The van der Waals surface area contributed by atoms with E-state index < -0.39 is 0 Å². The van der Waals surface area contributed by atoms with Crippen molar-refractivity contribution < 1.29 is 0 Å². The Balaban J connectivity index is 2.67. The Morgan fingerprint density at radius 1 is 1.35 bits per heavy atom. The predicted molar refractivity (Wildman–Crippen MR) is 73.4 cm³/mol. The molecule has 3 nitrogen and oxygen atoms in total. The van der Waals surface area contributed by atoms with Gasteiger partial charge >= 0.3 is 0 Å². The molecule has 0 aliphatic heterocycles. The van der Waals surface area contributed by atoms with E-state index in [4.69, 9.17) is 0 Å². The minimum atomic E-state index is 0.585. The van der Waals surface area contributed by atoms with E-state index in [1.165, 1.54) is 30.7 Å². The fraction of sp³-hybridized carbons (Fsp3) is 0.786. The first-order chi connectivity index (χ1) is 8.24. The van der Waals surface area contributed by atoms with Gasteiger partial charge in [-0.1, -0.05) is 26.7 Å². The smallest absolute Gasteiger partial charge is 0.0624 e. The number of nitrogens with one attached hydrogen (secondary N) is 1. The molecule has 0 fully saturated rings. The van der Waals surface area contributed by atoms with Crippen LogP contribution in [0.1, 0.15) is 51.4 Å². The molecular weight excluding hydrogens is 210 g/mol. The van der Waals surface area contributed by atoms with Crippen molar-refractivity contribution in [2.45, 2.75) is 65.5 Å². The molecular formula is C14H27N3. The van der Waals surface area contributed by atoms with Crippen LogP contribution in [0.5, 0.6) is 0 Å². The Morgan fingerprint density at radius 3 is 2.65 bits per heavy atom. The van der Waals surface area contributed by atoms with E-state index in [0.29, 0.717) is 6.04 Å².